The van der Waals surface area contributed by atoms with Crippen LogP contribution in [0.25, 0.3) is 0 Å². The molecule has 0 aliphatic rings. The fourth-order valence-electron chi connectivity index (χ4n) is 1.36. The number of hydrogen-bond acceptors (Lipinski definition) is 6. The first kappa shape index (κ1) is 11.8. The van der Waals surface area contributed by atoms with Crippen molar-refractivity contribution in [2.45, 2.75) is 6.61 Å². The number of nitrogen functional groups attached to an aromatic ring is 1. The number of nitro groups is 1. The van der Waals surface area contributed by atoms with Gasteiger partial charge in [0.1, 0.15) is 18.6 Å². The van der Waals surface area contributed by atoms with Crippen LogP contribution < -0.4 is 10.5 Å². The van der Waals surface area contributed by atoms with Crippen molar-refractivity contribution in [3.63, 3.8) is 0 Å². The number of nitrogens with two attached hydrogens (primary N) is 1. The Labute approximate surface area is 102 Å². The van der Waals surface area contributed by atoms with E-state index in [9.17, 15) is 10.1 Å². The molecule has 0 fully saturated rings. The molecule has 0 radical (unpaired) electrons. The Balaban J connectivity index is 2.13. The third-order valence-corrected chi connectivity index (χ3v) is 2.13. The third kappa shape index (κ3) is 2.70. The molecule has 92 valence electrons. The number of nitrogens with zero attached hydrogens (tertiary/aromatic N) is 3. The van der Waals surface area contributed by atoms with Gasteiger partial charge in [0.25, 0.3) is 0 Å². The second-order valence-corrected chi connectivity index (χ2v) is 3.42. The van der Waals surface area contributed by atoms with Crippen molar-refractivity contribution < 1.29 is 9.66 Å². The summed E-state index contributed by atoms with van der Waals surface area (Å²) in [6, 6.07) is 8.15. The molecule has 0 saturated carbocycles. The van der Waals surface area contributed by atoms with Crippen LogP contribution in [-0.4, -0.2) is 14.9 Å². The van der Waals surface area contributed by atoms with Gasteiger partial charge < -0.3 is 20.6 Å². The van der Waals surface area contributed by atoms with Crippen molar-refractivity contribution in [3.05, 3.63) is 52.3 Å². The molecule has 0 spiro atoms. The van der Waals surface area contributed by atoms with Crippen molar-refractivity contribution >= 4 is 11.6 Å². The molecule has 0 aliphatic carbocycles. The molecule has 2 rings (SSSR count). The van der Waals surface area contributed by atoms with E-state index in [1.165, 1.54) is 12.3 Å². The molecule has 0 amide bonds. The highest BCUT2D eigenvalue weighted by Crippen LogP contribution is 2.23. The van der Waals surface area contributed by atoms with Gasteiger partial charge in [-0.25, -0.2) is 4.98 Å². The normalized spacial score (nSPS) is 10.0. The lowest BCUT2D eigenvalue weighted by atomic mass is 10.3. The number of rotatable bonds is 4. The van der Waals surface area contributed by atoms with Gasteiger partial charge in [-0.3, -0.25) is 0 Å². The maximum absolute atomic E-state index is 10.7. The van der Waals surface area contributed by atoms with Gasteiger partial charge in [-0.2, -0.15) is 0 Å². The Morgan fingerprint density at radius 3 is 2.89 bits per heavy atom. The van der Waals surface area contributed by atoms with Crippen LogP contribution in [0.15, 0.2) is 36.5 Å². The van der Waals surface area contributed by atoms with E-state index >= 15 is 0 Å². The van der Waals surface area contributed by atoms with Crippen LogP contribution in [0, 0.1) is 10.1 Å². The summed E-state index contributed by atoms with van der Waals surface area (Å²) >= 11 is 0. The second-order valence-electron chi connectivity index (χ2n) is 3.42. The predicted octanol–water partition coefficient (Wildman–Crippen LogP) is 1.55. The highest BCUT2D eigenvalue weighted by atomic mass is 16.6. The summed E-state index contributed by atoms with van der Waals surface area (Å²) in [4.78, 5) is 17.8. The first-order valence-electron chi connectivity index (χ1n) is 5.10. The van der Waals surface area contributed by atoms with Crippen molar-refractivity contribution in [2.75, 3.05) is 5.73 Å². The SMILES string of the molecule is Nc1cccc(COc2cccnc2[N+](=O)[O-])n1. The van der Waals surface area contributed by atoms with Crippen LogP contribution in [0.4, 0.5) is 11.6 Å². The van der Waals surface area contributed by atoms with Gasteiger partial charge in [-0.15, -0.1) is 0 Å². The second kappa shape index (κ2) is 5.09. The van der Waals surface area contributed by atoms with Gasteiger partial charge in [0.15, 0.2) is 0 Å². The molecule has 0 unspecified atom stereocenters. The van der Waals surface area contributed by atoms with Crippen molar-refractivity contribution in [1.29, 1.82) is 0 Å². The molecule has 2 aromatic heterocycles. The lowest BCUT2D eigenvalue weighted by Gasteiger charge is -2.05. The molecular weight excluding hydrogens is 236 g/mol. The molecule has 18 heavy (non-hydrogen) atoms. The van der Waals surface area contributed by atoms with E-state index in [-0.39, 0.29) is 18.2 Å². The maximum atomic E-state index is 10.7. The van der Waals surface area contributed by atoms with Gasteiger partial charge in [0.2, 0.25) is 5.75 Å². The van der Waals surface area contributed by atoms with Gasteiger partial charge in [0.05, 0.1) is 5.69 Å². The highest BCUT2D eigenvalue weighted by molar-refractivity contribution is 5.38. The van der Waals surface area contributed by atoms with Gasteiger partial charge in [-0.1, -0.05) is 6.07 Å². The van der Waals surface area contributed by atoms with Crippen LogP contribution in [-0.2, 0) is 6.61 Å². The molecule has 0 aromatic carbocycles. The maximum Gasteiger partial charge on any atom is 0.406 e. The number of ether oxygens (including phenoxy) is 1. The minimum atomic E-state index is -0.595. The van der Waals surface area contributed by atoms with Crippen molar-refractivity contribution in [3.8, 4) is 5.75 Å². The van der Waals surface area contributed by atoms with E-state index in [4.69, 9.17) is 10.5 Å². The molecule has 7 heteroatoms. The molecule has 2 heterocycles. The molecule has 2 aromatic rings. The molecule has 0 saturated heterocycles. The Kier molecular flexibility index (Phi) is 3.33. The Morgan fingerprint density at radius 1 is 1.33 bits per heavy atom. The summed E-state index contributed by atoms with van der Waals surface area (Å²) in [7, 11) is 0. The molecule has 0 atom stereocenters. The van der Waals surface area contributed by atoms with Gasteiger partial charge >= 0.3 is 5.82 Å². The Morgan fingerprint density at radius 2 is 2.17 bits per heavy atom. The van der Waals surface area contributed by atoms with E-state index < -0.39 is 4.92 Å². The molecule has 0 bridgehead atoms. The monoisotopic (exact) mass is 246 g/mol. The average molecular weight is 246 g/mol. The zero-order valence-electron chi connectivity index (χ0n) is 9.31. The number of pyridine rings is 2. The first-order chi connectivity index (χ1) is 8.66. The number of anilines is 1. The smallest absolute Gasteiger partial charge is 0.406 e. The molecule has 2 N–H and O–H groups in total. The van der Waals surface area contributed by atoms with E-state index in [0.29, 0.717) is 11.5 Å². The summed E-state index contributed by atoms with van der Waals surface area (Å²) in [6.07, 6.45) is 1.34. The lowest BCUT2D eigenvalue weighted by Crippen LogP contribution is -2.03. The summed E-state index contributed by atoms with van der Waals surface area (Å²) in [6.45, 7) is 0.0948. The van der Waals surface area contributed by atoms with E-state index in [1.807, 2.05) is 0 Å². The lowest BCUT2D eigenvalue weighted by molar-refractivity contribution is -0.390. The quantitative estimate of drug-likeness (QED) is 0.648. The predicted molar refractivity (Wildman–Crippen MR) is 63.9 cm³/mol. The third-order valence-electron chi connectivity index (χ3n) is 2.13. The summed E-state index contributed by atoms with van der Waals surface area (Å²) in [5.74, 6) is 0.157. The van der Waals surface area contributed by atoms with Crippen LogP contribution >= 0.6 is 0 Å². The summed E-state index contributed by atoms with van der Waals surface area (Å²) in [5, 5.41) is 10.7. The zero-order valence-corrected chi connectivity index (χ0v) is 9.31. The zero-order chi connectivity index (χ0) is 13.0. The topological polar surface area (TPSA) is 104 Å². The number of hydrogen-bond donors (Lipinski definition) is 1. The summed E-state index contributed by atoms with van der Waals surface area (Å²) in [5.41, 5.74) is 6.11. The Hall–Kier alpha value is -2.70. The van der Waals surface area contributed by atoms with Gasteiger partial charge in [0, 0.05) is 0 Å². The fraction of sp³-hybridized carbons (Fsp3) is 0.0909. The fourth-order valence-corrected chi connectivity index (χ4v) is 1.36. The van der Waals surface area contributed by atoms with Crippen molar-refractivity contribution in [2.24, 2.45) is 0 Å². The van der Waals surface area contributed by atoms with Crippen molar-refractivity contribution in [1.82, 2.24) is 9.97 Å². The Bertz CT molecular complexity index is 574. The molecular formula is C11H10N4O3. The minimum absolute atomic E-state index is 0.0948. The van der Waals surface area contributed by atoms with E-state index in [1.54, 1.807) is 24.3 Å². The summed E-state index contributed by atoms with van der Waals surface area (Å²) < 4.78 is 5.32. The van der Waals surface area contributed by atoms with Crippen LogP contribution in [0.3, 0.4) is 0 Å². The minimum Gasteiger partial charge on any atom is -0.479 e. The molecule has 0 aliphatic heterocycles. The number of aromatic nitrogens is 2. The van der Waals surface area contributed by atoms with Gasteiger partial charge in [-0.05, 0) is 34.2 Å². The van der Waals surface area contributed by atoms with Crippen LogP contribution in [0.5, 0.6) is 5.75 Å². The molecule has 7 nitrogen and oxygen atoms in total. The average Bonchev–Trinajstić information content (AvgIpc) is 2.37. The van der Waals surface area contributed by atoms with E-state index in [2.05, 4.69) is 9.97 Å². The van der Waals surface area contributed by atoms with Crippen LogP contribution in [0.2, 0.25) is 0 Å². The largest absolute Gasteiger partial charge is 0.479 e. The highest BCUT2D eigenvalue weighted by Gasteiger charge is 2.15. The first-order valence-corrected chi connectivity index (χ1v) is 5.10. The van der Waals surface area contributed by atoms with Crippen LogP contribution in [0.1, 0.15) is 5.69 Å². The standard InChI is InChI=1S/C11H10N4O3/c12-10-5-1-3-8(14-10)7-18-9-4-2-6-13-11(9)15(16)17/h1-6H,7H2,(H2,12,14). The van der Waals surface area contributed by atoms with E-state index in [0.717, 1.165) is 0 Å².